The highest BCUT2D eigenvalue weighted by atomic mass is 16.6. The summed E-state index contributed by atoms with van der Waals surface area (Å²) >= 11 is 0. The molecule has 2 rings (SSSR count). The molecule has 2 aromatic carbocycles. The molecule has 20 heavy (non-hydrogen) atoms. The van der Waals surface area contributed by atoms with Gasteiger partial charge >= 0.3 is 0 Å². The summed E-state index contributed by atoms with van der Waals surface area (Å²) in [7, 11) is 0. The van der Waals surface area contributed by atoms with Crippen LogP contribution in [0.15, 0.2) is 54.6 Å². The van der Waals surface area contributed by atoms with Crippen LogP contribution in [0, 0.1) is 10.1 Å². The van der Waals surface area contributed by atoms with Crippen molar-refractivity contribution >= 4 is 11.4 Å². The average Bonchev–Trinajstić information content (AvgIpc) is 2.46. The fraction of sp³-hybridized carbons (Fsp3) is 0.250. The van der Waals surface area contributed by atoms with Crippen LogP contribution in [0.25, 0.3) is 0 Å². The summed E-state index contributed by atoms with van der Waals surface area (Å²) in [5.74, 6) is 0. The van der Waals surface area contributed by atoms with Crippen LogP contribution in [0.1, 0.15) is 18.9 Å². The fourth-order valence-electron chi connectivity index (χ4n) is 2.12. The summed E-state index contributed by atoms with van der Waals surface area (Å²) in [6.45, 7) is 2.04. The minimum atomic E-state index is -0.355. The summed E-state index contributed by atoms with van der Waals surface area (Å²) in [6, 6.07) is 17.2. The normalized spacial score (nSPS) is 11.8. The Hall–Kier alpha value is -2.36. The van der Waals surface area contributed by atoms with Gasteiger partial charge in [-0.3, -0.25) is 10.1 Å². The van der Waals surface area contributed by atoms with E-state index < -0.39 is 0 Å². The van der Waals surface area contributed by atoms with Crippen molar-refractivity contribution in [1.29, 1.82) is 0 Å². The molecule has 0 fully saturated rings. The van der Waals surface area contributed by atoms with Gasteiger partial charge in [-0.15, -0.1) is 0 Å². The molecule has 0 aliphatic rings. The molecule has 0 aliphatic heterocycles. The number of para-hydroxylation sites is 2. The maximum atomic E-state index is 10.9. The third-order valence-electron chi connectivity index (χ3n) is 3.21. The summed E-state index contributed by atoms with van der Waals surface area (Å²) < 4.78 is 0. The van der Waals surface area contributed by atoms with Crippen LogP contribution in [-0.2, 0) is 6.42 Å². The lowest BCUT2D eigenvalue weighted by Gasteiger charge is -2.15. The molecule has 0 saturated carbocycles. The first kappa shape index (κ1) is 14.1. The van der Waals surface area contributed by atoms with E-state index in [1.807, 2.05) is 25.1 Å². The van der Waals surface area contributed by atoms with E-state index in [9.17, 15) is 10.1 Å². The number of rotatable bonds is 6. The van der Waals surface area contributed by atoms with Crippen molar-refractivity contribution in [2.45, 2.75) is 25.8 Å². The van der Waals surface area contributed by atoms with E-state index in [1.54, 1.807) is 18.2 Å². The molecule has 0 radical (unpaired) electrons. The van der Waals surface area contributed by atoms with Crippen molar-refractivity contribution in [2.24, 2.45) is 0 Å². The lowest BCUT2D eigenvalue weighted by molar-refractivity contribution is -0.384. The van der Waals surface area contributed by atoms with Crippen molar-refractivity contribution in [2.75, 3.05) is 5.32 Å². The minimum absolute atomic E-state index is 0.124. The van der Waals surface area contributed by atoms with E-state index in [1.165, 1.54) is 11.6 Å². The Bertz CT molecular complexity index is 570. The second kappa shape index (κ2) is 6.70. The van der Waals surface area contributed by atoms with Gasteiger partial charge < -0.3 is 5.32 Å². The number of aryl methyl sites for hydroxylation is 1. The first-order valence-corrected chi connectivity index (χ1v) is 6.70. The van der Waals surface area contributed by atoms with Crippen molar-refractivity contribution in [3.05, 3.63) is 70.3 Å². The smallest absolute Gasteiger partial charge is 0.292 e. The SMILES string of the molecule is CC(CCc1ccccc1)Nc1ccccc1[N+](=O)[O-]. The predicted octanol–water partition coefficient (Wildman–Crippen LogP) is 4.03. The molecule has 4 nitrogen and oxygen atoms in total. The number of benzene rings is 2. The standard InChI is InChI=1S/C16H18N2O2/c1-13(11-12-14-7-3-2-4-8-14)17-15-9-5-6-10-16(15)18(19)20/h2-10,13,17H,11-12H2,1H3. The van der Waals surface area contributed by atoms with Gasteiger partial charge in [0.05, 0.1) is 4.92 Å². The lowest BCUT2D eigenvalue weighted by atomic mass is 10.1. The lowest BCUT2D eigenvalue weighted by Crippen LogP contribution is -2.16. The van der Waals surface area contributed by atoms with E-state index in [4.69, 9.17) is 0 Å². The molecule has 0 bridgehead atoms. The van der Waals surface area contributed by atoms with Crippen molar-refractivity contribution in [3.8, 4) is 0 Å². The molecule has 0 spiro atoms. The van der Waals surface area contributed by atoms with Crippen molar-refractivity contribution in [1.82, 2.24) is 0 Å². The van der Waals surface area contributed by atoms with E-state index in [0.717, 1.165) is 12.8 Å². The van der Waals surface area contributed by atoms with E-state index >= 15 is 0 Å². The second-order valence-corrected chi connectivity index (χ2v) is 4.84. The number of hydrogen-bond acceptors (Lipinski definition) is 3. The van der Waals surface area contributed by atoms with Crippen LogP contribution in [-0.4, -0.2) is 11.0 Å². The topological polar surface area (TPSA) is 55.2 Å². The van der Waals surface area contributed by atoms with Gasteiger partial charge in [-0.2, -0.15) is 0 Å². The van der Waals surface area contributed by atoms with Gasteiger partial charge in [-0.1, -0.05) is 42.5 Å². The van der Waals surface area contributed by atoms with Gasteiger partial charge in [0.1, 0.15) is 5.69 Å². The molecule has 4 heteroatoms. The fourth-order valence-corrected chi connectivity index (χ4v) is 2.12. The molecule has 0 aromatic heterocycles. The number of nitrogens with one attached hydrogen (secondary N) is 1. The highest BCUT2D eigenvalue weighted by molar-refractivity contribution is 5.61. The van der Waals surface area contributed by atoms with Gasteiger partial charge in [0, 0.05) is 12.1 Å². The Balaban J connectivity index is 1.95. The van der Waals surface area contributed by atoms with Crippen LogP contribution < -0.4 is 5.32 Å². The summed E-state index contributed by atoms with van der Waals surface area (Å²) in [5.41, 5.74) is 1.99. The molecule has 1 N–H and O–H groups in total. The van der Waals surface area contributed by atoms with Gasteiger partial charge in [-0.25, -0.2) is 0 Å². The zero-order valence-electron chi connectivity index (χ0n) is 11.5. The number of nitro benzene ring substituents is 1. The largest absolute Gasteiger partial charge is 0.377 e. The van der Waals surface area contributed by atoms with Crippen molar-refractivity contribution < 1.29 is 4.92 Å². The molecule has 104 valence electrons. The maximum absolute atomic E-state index is 10.9. The third-order valence-corrected chi connectivity index (χ3v) is 3.21. The summed E-state index contributed by atoms with van der Waals surface area (Å²) in [4.78, 5) is 10.6. The Labute approximate surface area is 118 Å². The molecule has 0 heterocycles. The number of hydrogen-bond donors (Lipinski definition) is 1. The highest BCUT2D eigenvalue weighted by Crippen LogP contribution is 2.24. The van der Waals surface area contributed by atoms with E-state index in [-0.39, 0.29) is 16.7 Å². The highest BCUT2D eigenvalue weighted by Gasteiger charge is 2.13. The predicted molar refractivity (Wildman–Crippen MR) is 80.9 cm³/mol. The molecular formula is C16H18N2O2. The van der Waals surface area contributed by atoms with Gasteiger partial charge in [0.25, 0.3) is 5.69 Å². The average molecular weight is 270 g/mol. The molecule has 1 unspecified atom stereocenters. The molecular weight excluding hydrogens is 252 g/mol. The summed E-state index contributed by atoms with van der Waals surface area (Å²) in [6.07, 6.45) is 1.88. The van der Waals surface area contributed by atoms with E-state index in [0.29, 0.717) is 5.69 Å². The quantitative estimate of drug-likeness (QED) is 0.637. The monoisotopic (exact) mass is 270 g/mol. The molecule has 1 atom stereocenters. The zero-order valence-corrected chi connectivity index (χ0v) is 11.5. The molecule has 0 amide bonds. The molecule has 0 aliphatic carbocycles. The number of nitrogens with zero attached hydrogens (tertiary/aromatic N) is 1. The Morgan fingerprint density at radius 2 is 1.75 bits per heavy atom. The molecule has 0 saturated heterocycles. The number of anilines is 1. The van der Waals surface area contributed by atoms with Gasteiger partial charge in [-0.05, 0) is 31.4 Å². The second-order valence-electron chi connectivity index (χ2n) is 4.84. The number of nitro groups is 1. The third kappa shape index (κ3) is 3.82. The van der Waals surface area contributed by atoms with Crippen LogP contribution >= 0.6 is 0 Å². The Kier molecular flexibility index (Phi) is 4.71. The zero-order chi connectivity index (χ0) is 14.4. The minimum Gasteiger partial charge on any atom is -0.377 e. The first-order valence-electron chi connectivity index (χ1n) is 6.70. The maximum Gasteiger partial charge on any atom is 0.292 e. The Morgan fingerprint density at radius 1 is 1.10 bits per heavy atom. The van der Waals surface area contributed by atoms with Crippen LogP contribution in [0.4, 0.5) is 11.4 Å². The first-order chi connectivity index (χ1) is 9.66. The van der Waals surface area contributed by atoms with Gasteiger partial charge in [0.15, 0.2) is 0 Å². The van der Waals surface area contributed by atoms with Crippen LogP contribution in [0.5, 0.6) is 0 Å². The summed E-state index contributed by atoms with van der Waals surface area (Å²) in [5, 5.41) is 14.2. The Morgan fingerprint density at radius 3 is 2.45 bits per heavy atom. The van der Waals surface area contributed by atoms with Crippen LogP contribution in [0.2, 0.25) is 0 Å². The van der Waals surface area contributed by atoms with Crippen molar-refractivity contribution in [3.63, 3.8) is 0 Å². The molecule has 2 aromatic rings. The van der Waals surface area contributed by atoms with Gasteiger partial charge in [0.2, 0.25) is 0 Å². The van der Waals surface area contributed by atoms with E-state index in [2.05, 4.69) is 17.4 Å². The van der Waals surface area contributed by atoms with Crippen LogP contribution in [0.3, 0.4) is 0 Å².